The van der Waals surface area contributed by atoms with Crippen molar-refractivity contribution in [3.05, 3.63) is 33.4 Å². The maximum atomic E-state index is 13.2. The minimum atomic E-state index is -5.06. The number of phosphoric ester groups is 2. The van der Waals surface area contributed by atoms with Crippen LogP contribution >= 0.6 is 15.6 Å². The Morgan fingerprint density at radius 2 is 1.36 bits per heavy atom. The van der Waals surface area contributed by atoms with Gasteiger partial charge in [-0.2, -0.15) is 9.97 Å². The van der Waals surface area contributed by atoms with Crippen LogP contribution in [0.5, 0.6) is 0 Å². The minimum Gasteiger partial charge on any atom is -0.386 e. The quantitative estimate of drug-likeness (QED) is 0.0985. The van der Waals surface area contributed by atoms with Crippen LogP contribution in [0.2, 0.25) is 0 Å². The van der Waals surface area contributed by atoms with Crippen molar-refractivity contribution in [2.75, 3.05) is 24.7 Å². The molecule has 0 radical (unpaired) electrons. The van der Waals surface area contributed by atoms with Crippen molar-refractivity contribution >= 4 is 49.9 Å². The average Bonchev–Trinajstić information content (AvgIpc) is 3.73. The molecule has 0 aromatic carbocycles. The molecular formula is C21H27N11O13P2. The first-order valence-corrected chi connectivity index (χ1v) is 16.7. The number of ether oxygens (including phenoxy) is 2. The fourth-order valence-electron chi connectivity index (χ4n) is 5.67. The highest BCUT2D eigenvalue weighted by Gasteiger charge is 2.52. The summed E-state index contributed by atoms with van der Waals surface area (Å²) in [6, 6.07) is -1.28. The number of anilines is 2. The van der Waals surface area contributed by atoms with Crippen LogP contribution in [-0.2, 0) is 36.7 Å². The van der Waals surface area contributed by atoms with E-state index in [1.165, 1.54) is 15.5 Å². The van der Waals surface area contributed by atoms with Crippen LogP contribution in [-0.4, -0.2) is 104 Å². The second-order valence-corrected chi connectivity index (χ2v) is 13.6. The van der Waals surface area contributed by atoms with Gasteiger partial charge in [0.2, 0.25) is 11.9 Å². The van der Waals surface area contributed by atoms with Crippen LogP contribution in [0.1, 0.15) is 18.9 Å². The Morgan fingerprint density at radius 3 is 1.98 bits per heavy atom. The molecule has 4 aromatic rings. The predicted octanol–water partition coefficient (Wildman–Crippen LogP) is -2.69. The predicted molar refractivity (Wildman–Crippen MR) is 153 cm³/mol. The van der Waals surface area contributed by atoms with Crippen LogP contribution in [0.4, 0.5) is 11.9 Å². The van der Waals surface area contributed by atoms with Crippen LogP contribution in [0.25, 0.3) is 22.3 Å². The molecule has 3 saturated heterocycles. The number of aromatic amines is 2. The van der Waals surface area contributed by atoms with Gasteiger partial charge in [0.25, 0.3) is 11.1 Å². The molecule has 3 aliphatic heterocycles. The number of nitrogen functional groups attached to an aromatic ring is 2. The number of phosphoric acid groups is 2. The lowest BCUT2D eigenvalue weighted by atomic mass is 10.1. The molecule has 4 aromatic heterocycles. The number of nitrogens with one attached hydrogen (secondary N) is 2. The summed E-state index contributed by atoms with van der Waals surface area (Å²) in [5.74, 6) is -0.487. The van der Waals surface area contributed by atoms with E-state index in [-0.39, 0.29) is 40.6 Å². The van der Waals surface area contributed by atoms with E-state index in [1.54, 1.807) is 0 Å². The van der Waals surface area contributed by atoms with Crippen molar-refractivity contribution in [1.29, 1.82) is 0 Å². The molecule has 11 N–H and O–H groups in total. The van der Waals surface area contributed by atoms with E-state index in [9.17, 15) is 33.6 Å². The molecule has 3 fully saturated rings. The third kappa shape index (κ3) is 5.77. The van der Waals surface area contributed by atoms with E-state index in [4.69, 9.17) is 44.8 Å². The zero-order valence-corrected chi connectivity index (χ0v) is 25.4. The number of hydrogen-bond acceptors (Lipinski definition) is 18. The average molecular weight is 703 g/mol. The second kappa shape index (κ2) is 11.5. The highest BCUT2D eigenvalue weighted by molar-refractivity contribution is 7.47. The van der Waals surface area contributed by atoms with Crippen molar-refractivity contribution in [3.63, 3.8) is 0 Å². The molecule has 10 atom stereocenters. The summed E-state index contributed by atoms with van der Waals surface area (Å²) in [5.41, 5.74) is 16.0. The van der Waals surface area contributed by atoms with E-state index in [1.807, 2.05) is 0 Å². The SMILES string of the molecule is Nc1nc2c(ncn2[C@@H]2O[C@@H]3COP(=O)(O)O[C@H]4[C@@H](O)[C@H](n5cnc6c(=O)[nH]c(N)nc65)O[C@@H]4CCOP(=O)(O)O[C@H]3[C@H]2N)c(=O)[nH]1. The highest BCUT2D eigenvalue weighted by atomic mass is 31.2. The van der Waals surface area contributed by atoms with Gasteiger partial charge in [-0.15, -0.1) is 0 Å². The largest absolute Gasteiger partial charge is 0.472 e. The van der Waals surface area contributed by atoms with Crippen molar-refractivity contribution in [2.45, 2.75) is 55.4 Å². The first-order valence-electron chi connectivity index (χ1n) is 13.7. The molecule has 7 heterocycles. The number of aromatic nitrogens is 8. The van der Waals surface area contributed by atoms with E-state index in [0.29, 0.717) is 0 Å². The molecule has 2 unspecified atom stereocenters. The molecule has 254 valence electrons. The number of imidazole rings is 2. The molecule has 0 amide bonds. The maximum absolute atomic E-state index is 13.2. The van der Waals surface area contributed by atoms with Gasteiger partial charge in [0.15, 0.2) is 34.8 Å². The molecule has 47 heavy (non-hydrogen) atoms. The number of aliphatic hydroxyl groups excluding tert-OH is 1. The molecule has 24 nitrogen and oxygen atoms in total. The van der Waals surface area contributed by atoms with Gasteiger partial charge in [-0.25, -0.2) is 19.1 Å². The molecule has 0 bridgehead atoms. The molecule has 26 heteroatoms. The Balaban J connectivity index is 1.17. The number of rotatable bonds is 2. The van der Waals surface area contributed by atoms with Crippen LogP contribution in [0.15, 0.2) is 22.2 Å². The fraction of sp³-hybridized carbons (Fsp3) is 0.524. The molecule has 0 spiro atoms. The zero-order chi connectivity index (χ0) is 33.4. The zero-order valence-electron chi connectivity index (χ0n) is 23.6. The Bertz CT molecular complexity index is 2070. The van der Waals surface area contributed by atoms with Gasteiger partial charge in [-0.3, -0.25) is 46.8 Å². The number of hydrogen-bond donors (Lipinski definition) is 8. The second-order valence-electron chi connectivity index (χ2n) is 10.7. The summed E-state index contributed by atoms with van der Waals surface area (Å²) < 4.78 is 61.5. The summed E-state index contributed by atoms with van der Waals surface area (Å²) in [4.78, 5) is 66.4. The monoisotopic (exact) mass is 703 g/mol. The Labute approximate surface area is 260 Å². The van der Waals surface area contributed by atoms with E-state index >= 15 is 0 Å². The summed E-state index contributed by atoms with van der Waals surface area (Å²) in [7, 11) is -9.97. The van der Waals surface area contributed by atoms with E-state index in [2.05, 4.69) is 29.9 Å². The molecule has 0 saturated carbocycles. The van der Waals surface area contributed by atoms with Crippen LogP contribution in [0, 0.1) is 0 Å². The number of H-pyrrole nitrogens is 2. The molecule has 7 rings (SSSR count). The minimum absolute atomic E-state index is 0.0370. The Morgan fingerprint density at radius 1 is 0.830 bits per heavy atom. The fourth-order valence-corrected chi connectivity index (χ4v) is 7.62. The third-order valence-electron chi connectivity index (χ3n) is 7.72. The smallest absolute Gasteiger partial charge is 0.386 e. The van der Waals surface area contributed by atoms with Gasteiger partial charge in [0.1, 0.15) is 24.4 Å². The lowest BCUT2D eigenvalue weighted by Crippen LogP contribution is -2.41. The highest BCUT2D eigenvalue weighted by Crippen LogP contribution is 2.53. The van der Waals surface area contributed by atoms with Gasteiger partial charge in [-0.1, -0.05) is 0 Å². The molecule has 0 aliphatic carbocycles. The van der Waals surface area contributed by atoms with Crippen molar-refractivity contribution in [2.24, 2.45) is 5.73 Å². The lowest BCUT2D eigenvalue weighted by molar-refractivity contribution is -0.0491. The normalized spacial score (nSPS) is 36.9. The first kappa shape index (κ1) is 31.9. The van der Waals surface area contributed by atoms with E-state index < -0.39 is 89.0 Å². The van der Waals surface area contributed by atoms with Crippen molar-refractivity contribution < 1.29 is 51.6 Å². The standard InChI is InChI=1S/C21H27N11O13P2/c22-8-12-7(43-18(8)31-4-25-9-14(31)27-20(23)29-16(9)34)3-41-47(38,39)45-13-6(1-2-40-46(36,37)44-12)42-19(11(13)33)32-5-26-10-15(32)28-21(24)30-17(10)35/h4-8,11-13,18-19,33H,1-3,22H2,(H,36,37)(H,38,39)(H3,23,27,29,34)(H3,24,28,30,35)/t6-,7-,8-,11-,12-,13-,18-,19-/m1/s1. The van der Waals surface area contributed by atoms with Crippen LogP contribution in [0.3, 0.4) is 0 Å². The van der Waals surface area contributed by atoms with Crippen molar-refractivity contribution in [1.82, 2.24) is 39.0 Å². The number of aliphatic hydroxyl groups is 1. The third-order valence-corrected chi connectivity index (χ3v) is 9.72. The molecule has 3 aliphatic rings. The Hall–Kier alpha value is -3.64. The maximum Gasteiger partial charge on any atom is 0.472 e. The van der Waals surface area contributed by atoms with Crippen LogP contribution < -0.4 is 28.3 Å². The summed E-state index contributed by atoms with van der Waals surface area (Å²) in [5, 5.41) is 11.2. The first-order chi connectivity index (χ1) is 22.2. The summed E-state index contributed by atoms with van der Waals surface area (Å²) in [6.07, 6.45) is -8.02. The number of fused-ring (bicyclic) bond motifs is 4. The van der Waals surface area contributed by atoms with Gasteiger partial charge >= 0.3 is 15.6 Å². The molecular weight excluding hydrogens is 676 g/mol. The van der Waals surface area contributed by atoms with Crippen molar-refractivity contribution in [3.8, 4) is 0 Å². The summed E-state index contributed by atoms with van der Waals surface area (Å²) >= 11 is 0. The topological polar surface area (TPSA) is 355 Å². The lowest BCUT2D eigenvalue weighted by Gasteiger charge is -2.24. The number of nitrogens with zero attached hydrogens (tertiary/aromatic N) is 6. The van der Waals surface area contributed by atoms with Gasteiger partial charge in [0.05, 0.1) is 38.0 Å². The summed E-state index contributed by atoms with van der Waals surface area (Å²) in [6.45, 7) is -1.33. The van der Waals surface area contributed by atoms with Gasteiger partial charge in [0, 0.05) is 6.42 Å². The Kier molecular flexibility index (Phi) is 7.82. The van der Waals surface area contributed by atoms with Gasteiger partial charge < -0.3 is 41.6 Å². The van der Waals surface area contributed by atoms with Gasteiger partial charge in [-0.05, 0) is 0 Å². The number of nitrogens with two attached hydrogens (primary N) is 3. The van der Waals surface area contributed by atoms with E-state index in [0.717, 1.165) is 6.33 Å².